The molecule has 3 rings (SSSR count). The molecule has 8 heteroatoms. The fourth-order valence-electron chi connectivity index (χ4n) is 4.35. The molecule has 0 heterocycles. The van der Waals surface area contributed by atoms with Crippen molar-refractivity contribution >= 4 is 23.8 Å². The second kappa shape index (κ2) is 11.8. The number of allylic oxidation sites excluding steroid dienone is 1. The summed E-state index contributed by atoms with van der Waals surface area (Å²) in [6, 6.07) is 16.3. The maximum atomic E-state index is 12.7. The first kappa shape index (κ1) is 26.8. The van der Waals surface area contributed by atoms with Gasteiger partial charge in [-0.1, -0.05) is 79.4 Å². The number of rotatable bonds is 10. The van der Waals surface area contributed by atoms with Gasteiger partial charge in [0.15, 0.2) is 4.99 Å². The van der Waals surface area contributed by atoms with Gasteiger partial charge >= 0.3 is 7.60 Å². The normalized spacial score (nSPS) is 16.2. The van der Waals surface area contributed by atoms with Gasteiger partial charge in [-0.25, -0.2) is 0 Å². The molecule has 1 unspecified atom stereocenters. The summed E-state index contributed by atoms with van der Waals surface area (Å²) in [4.78, 5) is 17.6. The second-order valence-corrected chi connectivity index (χ2v) is 13.2. The van der Waals surface area contributed by atoms with Crippen LogP contribution < -0.4 is 0 Å². The van der Waals surface area contributed by atoms with Crippen LogP contribution in [0.2, 0.25) is 0 Å². The van der Waals surface area contributed by atoms with E-state index in [2.05, 4.69) is 44.2 Å². The summed E-state index contributed by atoms with van der Waals surface area (Å²) in [6.45, 7) is 4.13. The van der Waals surface area contributed by atoms with Crippen LogP contribution in [0.4, 0.5) is 0 Å². The first-order chi connectivity index (χ1) is 16.0. The lowest BCUT2D eigenvalue weighted by molar-refractivity contribution is 0.160. The zero-order valence-corrected chi connectivity index (χ0v) is 21.6. The molecule has 34 heavy (non-hydrogen) atoms. The Morgan fingerprint density at radius 2 is 1.56 bits per heavy atom. The highest BCUT2D eigenvalue weighted by Crippen LogP contribution is 2.47. The van der Waals surface area contributed by atoms with Crippen molar-refractivity contribution < 1.29 is 27.0 Å². The molecular weight excluding hydrogens is 471 g/mol. The van der Waals surface area contributed by atoms with Crippen molar-refractivity contribution in [2.75, 3.05) is 0 Å². The van der Waals surface area contributed by atoms with Crippen LogP contribution in [0, 0.1) is 0 Å². The topological polar surface area (TPSA) is 101 Å². The predicted molar refractivity (Wildman–Crippen MR) is 137 cm³/mol. The minimum Gasteiger partial charge on any atom is -0.323 e. The Bertz CT molecular complexity index is 1110. The molecule has 6 nitrogen and oxygen atoms in total. The third kappa shape index (κ3) is 7.89. The van der Waals surface area contributed by atoms with Crippen molar-refractivity contribution in [3.05, 3.63) is 65.2 Å². The van der Waals surface area contributed by atoms with E-state index in [4.69, 9.17) is 4.18 Å². The lowest BCUT2D eigenvalue weighted by Gasteiger charge is -2.25. The summed E-state index contributed by atoms with van der Waals surface area (Å²) in [5.74, 6) is 0. The molecule has 0 amide bonds. The molecule has 2 N–H and O–H groups in total. The SMILES string of the molecule is CC(C)=Cc1ccc(-c2ccc(CCCC(P(=O)(O)O)S(=O)(=O)OC3CCCCC3)cc2)cc1. The van der Waals surface area contributed by atoms with Crippen LogP contribution >= 0.6 is 7.60 Å². The molecule has 0 bridgehead atoms. The zero-order chi connectivity index (χ0) is 24.8. The van der Waals surface area contributed by atoms with Crippen LogP contribution in [0.5, 0.6) is 0 Å². The van der Waals surface area contributed by atoms with Crippen molar-refractivity contribution in [2.24, 2.45) is 0 Å². The van der Waals surface area contributed by atoms with Gasteiger partial charge in [0.25, 0.3) is 10.1 Å². The fourth-order valence-corrected chi connectivity index (χ4v) is 7.51. The summed E-state index contributed by atoms with van der Waals surface area (Å²) in [7, 11) is -9.22. The van der Waals surface area contributed by atoms with E-state index in [1.165, 1.54) is 5.57 Å². The van der Waals surface area contributed by atoms with Crippen molar-refractivity contribution in [2.45, 2.75) is 76.3 Å². The number of benzene rings is 2. The summed E-state index contributed by atoms with van der Waals surface area (Å²) in [5, 5.41) is 0. The van der Waals surface area contributed by atoms with Gasteiger partial charge in [-0.05, 0) is 68.2 Å². The average Bonchev–Trinajstić information content (AvgIpc) is 2.77. The van der Waals surface area contributed by atoms with Gasteiger partial charge in [-0.3, -0.25) is 8.75 Å². The smallest absolute Gasteiger partial charge is 0.323 e. The van der Waals surface area contributed by atoms with Crippen LogP contribution in [0.25, 0.3) is 17.2 Å². The van der Waals surface area contributed by atoms with E-state index in [0.717, 1.165) is 41.5 Å². The monoisotopic (exact) mass is 506 g/mol. The van der Waals surface area contributed by atoms with E-state index < -0.39 is 28.8 Å². The molecule has 0 aromatic heterocycles. The van der Waals surface area contributed by atoms with Crippen molar-refractivity contribution in [3.8, 4) is 11.1 Å². The first-order valence-electron chi connectivity index (χ1n) is 11.9. The maximum absolute atomic E-state index is 12.7. The standard InChI is InChI=1S/C26H35O6PS/c1-20(2)19-22-13-17-24(18-14-22)23-15-11-21(12-16-23)7-6-10-26(33(27,28)29)34(30,31)32-25-8-4-3-5-9-25/h11-19,25-26H,3-10H2,1-2H3,(H2,27,28,29). The second-order valence-electron chi connectivity index (χ2n) is 9.33. The van der Waals surface area contributed by atoms with Gasteiger partial charge in [0.05, 0.1) is 6.10 Å². The minimum absolute atomic E-state index is 0.146. The van der Waals surface area contributed by atoms with Gasteiger partial charge in [0.2, 0.25) is 0 Å². The average molecular weight is 507 g/mol. The number of hydrogen-bond donors (Lipinski definition) is 2. The summed E-state index contributed by atoms with van der Waals surface area (Å²) >= 11 is 0. The predicted octanol–water partition coefficient (Wildman–Crippen LogP) is 6.28. The lowest BCUT2D eigenvalue weighted by Crippen LogP contribution is -2.29. The Balaban J connectivity index is 1.60. The molecule has 2 aromatic carbocycles. The summed E-state index contributed by atoms with van der Waals surface area (Å²) in [6.07, 6.45) is 6.35. The third-order valence-corrected chi connectivity index (χ3v) is 10.2. The molecule has 1 saturated carbocycles. The highest BCUT2D eigenvalue weighted by molar-refractivity contribution is 7.94. The Hall–Kier alpha value is -1.76. The summed E-state index contributed by atoms with van der Waals surface area (Å²) in [5.41, 5.74) is 5.56. The van der Waals surface area contributed by atoms with E-state index in [9.17, 15) is 22.8 Å². The zero-order valence-electron chi connectivity index (χ0n) is 19.9. The highest BCUT2D eigenvalue weighted by atomic mass is 32.2. The third-order valence-electron chi connectivity index (χ3n) is 6.10. The van der Waals surface area contributed by atoms with Gasteiger partial charge in [0.1, 0.15) is 0 Å². The molecule has 1 fully saturated rings. The van der Waals surface area contributed by atoms with Crippen molar-refractivity contribution in [1.82, 2.24) is 0 Å². The fraction of sp³-hybridized carbons (Fsp3) is 0.462. The molecule has 2 aromatic rings. The highest BCUT2D eigenvalue weighted by Gasteiger charge is 2.42. The minimum atomic E-state index is -4.86. The van der Waals surface area contributed by atoms with Gasteiger partial charge in [-0.2, -0.15) is 8.42 Å². The summed E-state index contributed by atoms with van der Waals surface area (Å²) < 4.78 is 42.5. The van der Waals surface area contributed by atoms with Crippen LogP contribution in [-0.4, -0.2) is 29.3 Å². The molecular formula is C26H35O6PS. The Labute approximate surface area is 203 Å². The number of aryl methyl sites for hydroxylation is 1. The lowest BCUT2D eigenvalue weighted by atomic mass is 9.98. The van der Waals surface area contributed by atoms with E-state index in [1.807, 2.05) is 24.3 Å². The molecule has 0 aliphatic heterocycles. The largest absolute Gasteiger partial charge is 0.346 e. The van der Waals surface area contributed by atoms with Crippen LogP contribution in [0.1, 0.15) is 69.9 Å². The molecule has 1 atom stereocenters. The van der Waals surface area contributed by atoms with Crippen LogP contribution in [0.15, 0.2) is 54.1 Å². The van der Waals surface area contributed by atoms with E-state index in [0.29, 0.717) is 25.7 Å². The molecule has 0 saturated heterocycles. The molecule has 0 spiro atoms. The molecule has 186 valence electrons. The Morgan fingerprint density at radius 1 is 1.00 bits per heavy atom. The van der Waals surface area contributed by atoms with E-state index in [-0.39, 0.29) is 6.42 Å². The quantitative estimate of drug-likeness (QED) is 0.290. The molecule has 1 aliphatic carbocycles. The van der Waals surface area contributed by atoms with Gasteiger partial charge in [-0.15, -0.1) is 0 Å². The van der Waals surface area contributed by atoms with Crippen LogP contribution in [0.3, 0.4) is 0 Å². The van der Waals surface area contributed by atoms with E-state index in [1.54, 1.807) is 0 Å². The number of hydrogen-bond acceptors (Lipinski definition) is 4. The van der Waals surface area contributed by atoms with Crippen molar-refractivity contribution in [1.29, 1.82) is 0 Å². The van der Waals surface area contributed by atoms with E-state index >= 15 is 0 Å². The van der Waals surface area contributed by atoms with Gasteiger partial charge < -0.3 is 9.79 Å². The Morgan fingerprint density at radius 3 is 2.09 bits per heavy atom. The van der Waals surface area contributed by atoms with Gasteiger partial charge in [0, 0.05) is 0 Å². The molecule has 0 radical (unpaired) electrons. The van der Waals surface area contributed by atoms with Crippen LogP contribution in [-0.2, 0) is 25.3 Å². The Kier molecular flexibility index (Phi) is 9.30. The first-order valence-corrected chi connectivity index (χ1v) is 15.0. The maximum Gasteiger partial charge on any atom is 0.346 e. The molecule has 1 aliphatic rings. The van der Waals surface area contributed by atoms with Crippen molar-refractivity contribution in [3.63, 3.8) is 0 Å².